The Bertz CT molecular complexity index is 621. The van der Waals surface area contributed by atoms with E-state index in [1.807, 2.05) is 24.3 Å². The Hall–Kier alpha value is -2.26. The molecule has 102 valence electrons. The molecule has 0 aliphatic heterocycles. The van der Waals surface area contributed by atoms with Crippen LogP contribution in [-0.4, -0.2) is 13.0 Å². The minimum absolute atomic E-state index is 0.218. The van der Waals surface area contributed by atoms with Crippen LogP contribution >= 0.6 is 11.6 Å². The zero-order valence-corrected chi connectivity index (χ0v) is 11.7. The molecule has 1 N–H and O–H groups in total. The van der Waals surface area contributed by atoms with E-state index in [4.69, 9.17) is 16.3 Å². The van der Waals surface area contributed by atoms with Crippen molar-refractivity contribution in [3.8, 4) is 5.75 Å². The van der Waals surface area contributed by atoms with E-state index < -0.39 is 0 Å². The fourth-order valence-electron chi connectivity index (χ4n) is 1.67. The van der Waals surface area contributed by atoms with Gasteiger partial charge in [-0.25, -0.2) is 0 Å². The maximum atomic E-state index is 11.8. The van der Waals surface area contributed by atoms with Crippen molar-refractivity contribution in [3.05, 3.63) is 65.2 Å². The summed E-state index contributed by atoms with van der Waals surface area (Å²) in [5, 5.41) is 3.43. The smallest absolute Gasteiger partial charge is 0.248 e. The van der Waals surface area contributed by atoms with Crippen LogP contribution in [0.25, 0.3) is 6.08 Å². The average Bonchev–Trinajstić information content (AvgIpc) is 2.47. The lowest BCUT2D eigenvalue weighted by Crippen LogP contribution is -2.08. The van der Waals surface area contributed by atoms with Crippen molar-refractivity contribution in [2.75, 3.05) is 12.4 Å². The largest absolute Gasteiger partial charge is 0.495 e. The van der Waals surface area contributed by atoms with E-state index in [0.29, 0.717) is 16.5 Å². The fraction of sp³-hybridized carbons (Fsp3) is 0.0625. The molecule has 4 heteroatoms. The summed E-state index contributed by atoms with van der Waals surface area (Å²) in [6.45, 7) is 0. The quantitative estimate of drug-likeness (QED) is 0.863. The Morgan fingerprint density at radius 2 is 1.85 bits per heavy atom. The molecular formula is C16H14ClNO2. The normalized spacial score (nSPS) is 10.5. The first-order valence-corrected chi connectivity index (χ1v) is 6.44. The molecule has 0 unspecified atom stereocenters. The average molecular weight is 288 g/mol. The van der Waals surface area contributed by atoms with Gasteiger partial charge in [0, 0.05) is 11.1 Å². The second-order valence-electron chi connectivity index (χ2n) is 4.07. The molecular weight excluding hydrogens is 274 g/mol. The number of para-hydroxylation sites is 2. The number of rotatable bonds is 4. The van der Waals surface area contributed by atoms with Gasteiger partial charge in [-0.15, -0.1) is 0 Å². The van der Waals surface area contributed by atoms with Crippen molar-refractivity contribution in [1.29, 1.82) is 0 Å². The maximum Gasteiger partial charge on any atom is 0.248 e. The van der Waals surface area contributed by atoms with Gasteiger partial charge in [0.2, 0.25) is 5.91 Å². The lowest BCUT2D eigenvalue weighted by molar-refractivity contribution is -0.111. The van der Waals surface area contributed by atoms with E-state index in [1.165, 1.54) is 6.08 Å². The van der Waals surface area contributed by atoms with E-state index in [-0.39, 0.29) is 5.91 Å². The SMILES string of the molecule is COc1ccccc1NC(=O)C=Cc1ccc(Cl)cc1. The third-order valence-corrected chi connectivity index (χ3v) is 2.91. The molecule has 1 amide bonds. The molecule has 2 rings (SSSR count). The second kappa shape index (κ2) is 6.78. The number of amides is 1. The van der Waals surface area contributed by atoms with Gasteiger partial charge in [-0.3, -0.25) is 4.79 Å². The molecule has 20 heavy (non-hydrogen) atoms. The summed E-state index contributed by atoms with van der Waals surface area (Å²) in [6, 6.07) is 14.5. The number of anilines is 1. The fourth-order valence-corrected chi connectivity index (χ4v) is 1.79. The number of nitrogens with one attached hydrogen (secondary N) is 1. The first kappa shape index (κ1) is 14.2. The minimum Gasteiger partial charge on any atom is -0.495 e. The first-order chi connectivity index (χ1) is 9.69. The van der Waals surface area contributed by atoms with Gasteiger partial charge in [-0.2, -0.15) is 0 Å². The number of halogens is 1. The monoisotopic (exact) mass is 287 g/mol. The molecule has 2 aromatic carbocycles. The van der Waals surface area contributed by atoms with Gasteiger partial charge in [0.1, 0.15) is 5.75 Å². The lowest BCUT2D eigenvalue weighted by Gasteiger charge is -2.07. The predicted octanol–water partition coefficient (Wildman–Crippen LogP) is 4.00. The molecule has 0 saturated carbocycles. The molecule has 3 nitrogen and oxygen atoms in total. The number of hydrogen-bond donors (Lipinski definition) is 1. The third-order valence-electron chi connectivity index (χ3n) is 2.66. The number of ether oxygens (including phenoxy) is 1. The van der Waals surface area contributed by atoms with Crippen LogP contribution < -0.4 is 10.1 Å². The Kier molecular flexibility index (Phi) is 4.80. The lowest BCUT2D eigenvalue weighted by atomic mass is 10.2. The van der Waals surface area contributed by atoms with Gasteiger partial charge in [-0.1, -0.05) is 35.9 Å². The van der Waals surface area contributed by atoms with Crippen LogP contribution in [0.15, 0.2) is 54.6 Å². The van der Waals surface area contributed by atoms with Crippen molar-refractivity contribution >= 4 is 29.3 Å². The highest BCUT2D eigenvalue weighted by atomic mass is 35.5. The van der Waals surface area contributed by atoms with Crippen molar-refractivity contribution in [2.45, 2.75) is 0 Å². The topological polar surface area (TPSA) is 38.3 Å². The summed E-state index contributed by atoms with van der Waals surface area (Å²) in [5.74, 6) is 0.408. The molecule has 0 fully saturated rings. The highest BCUT2D eigenvalue weighted by molar-refractivity contribution is 6.30. The summed E-state index contributed by atoms with van der Waals surface area (Å²) in [5.41, 5.74) is 1.55. The molecule has 0 aliphatic rings. The minimum atomic E-state index is -0.218. The van der Waals surface area contributed by atoms with Crippen LogP contribution in [0.1, 0.15) is 5.56 Å². The standard InChI is InChI=1S/C16H14ClNO2/c1-20-15-5-3-2-4-14(15)18-16(19)11-8-12-6-9-13(17)10-7-12/h2-11H,1H3,(H,18,19). The van der Waals surface area contributed by atoms with Gasteiger partial charge in [0.25, 0.3) is 0 Å². The zero-order valence-electron chi connectivity index (χ0n) is 11.0. The van der Waals surface area contributed by atoms with Crippen molar-refractivity contribution in [1.82, 2.24) is 0 Å². The molecule has 0 bridgehead atoms. The first-order valence-electron chi connectivity index (χ1n) is 6.06. The molecule has 0 heterocycles. The summed E-state index contributed by atoms with van der Waals surface area (Å²) >= 11 is 5.80. The van der Waals surface area contributed by atoms with Crippen LogP contribution in [0.2, 0.25) is 5.02 Å². The zero-order chi connectivity index (χ0) is 14.4. The van der Waals surface area contributed by atoms with Gasteiger partial charge in [0.05, 0.1) is 12.8 Å². The Morgan fingerprint density at radius 3 is 2.55 bits per heavy atom. The third kappa shape index (κ3) is 3.87. The Labute approximate surface area is 122 Å². The molecule has 0 aliphatic carbocycles. The van der Waals surface area contributed by atoms with Gasteiger partial charge in [0.15, 0.2) is 0 Å². The highest BCUT2D eigenvalue weighted by Crippen LogP contribution is 2.22. The van der Waals surface area contributed by atoms with Gasteiger partial charge < -0.3 is 10.1 Å². The number of methoxy groups -OCH3 is 1. The molecule has 0 saturated heterocycles. The summed E-state index contributed by atoms with van der Waals surface area (Å²) in [4.78, 5) is 11.8. The summed E-state index contributed by atoms with van der Waals surface area (Å²) < 4.78 is 5.17. The molecule has 0 atom stereocenters. The number of carbonyl (C=O) groups excluding carboxylic acids is 1. The predicted molar refractivity (Wildman–Crippen MR) is 82.1 cm³/mol. The molecule has 0 aromatic heterocycles. The number of carbonyl (C=O) groups is 1. The molecule has 0 spiro atoms. The maximum absolute atomic E-state index is 11.8. The van der Waals surface area contributed by atoms with Crippen LogP contribution in [-0.2, 0) is 4.79 Å². The summed E-state index contributed by atoms with van der Waals surface area (Å²) in [7, 11) is 1.56. The van der Waals surface area contributed by atoms with Crippen LogP contribution in [0.4, 0.5) is 5.69 Å². The Morgan fingerprint density at radius 1 is 1.15 bits per heavy atom. The van der Waals surface area contributed by atoms with Crippen molar-refractivity contribution in [3.63, 3.8) is 0 Å². The van der Waals surface area contributed by atoms with Gasteiger partial charge in [-0.05, 0) is 35.9 Å². The van der Waals surface area contributed by atoms with Crippen LogP contribution in [0.5, 0.6) is 5.75 Å². The van der Waals surface area contributed by atoms with E-state index in [1.54, 1.807) is 37.5 Å². The Balaban J connectivity index is 2.03. The molecule has 0 radical (unpaired) electrons. The van der Waals surface area contributed by atoms with Crippen molar-refractivity contribution < 1.29 is 9.53 Å². The van der Waals surface area contributed by atoms with E-state index in [9.17, 15) is 4.79 Å². The van der Waals surface area contributed by atoms with Crippen molar-refractivity contribution in [2.24, 2.45) is 0 Å². The van der Waals surface area contributed by atoms with Crippen LogP contribution in [0, 0.1) is 0 Å². The number of benzene rings is 2. The number of hydrogen-bond acceptors (Lipinski definition) is 2. The molecule has 2 aromatic rings. The second-order valence-corrected chi connectivity index (χ2v) is 4.51. The summed E-state index contributed by atoms with van der Waals surface area (Å²) in [6.07, 6.45) is 3.19. The van der Waals surface area contributed by atoms with E-state index in [2.05, 4.69) is 5.32 Å². The van der Waals surface area contributed by atoms with Gasteiger partial charge >= 0.3 is 0 Å². The van der Waals surface area contributed by atoms with Crippen LogP contribution in [0.3, 0.4) is 0 Å². The van der Waals surface area contributed by atoms with E-state index >= 15 is 0 Å². The van der Waals surface area contributed by atoms with E-state index in [0.717, 1.165) is 5.56 Å². The highest BCUT2D eigenvalue weighted by Gasteiger charge is 2.03.